The first-order chi connectivity index (χ1) is 8.97. The van der Waals surface area contributed by atoms with Gasteiger partial charge in [-0.1, -0.05) is 17.7 Å². The maximum Gasteiger partial charge on any atom is 0.255 e. The zero-order valence-corrected chi connectivity index (χ0v) is 12.9. The number of halogens is 3. The van der Waals surface area contributed by atoms with Crippen molar-refractivity contribution < 1.29 is 9.18 Å². The molecule has 19 heavy (non-hydrogen) atoms. The van der Waals surface area contributed by atoms with E-state index in [0.717, 1.165) is 5.56 Å². The van der Waals surface area contributed by atoms with Gasteiger partial charge in [0.2, 0.25) is 0 Å². The lowest BCUT2D eigenvalue weighted by Crippen LogP contribution is -2.13. The molecule has 0 atom stereocenters. The van der Waals surface area contributed by atoms with Crippen LogP contribution in [0.4, 0.5) is 10.1 Å². The van der Waals surface area contributed by atoms with Crippen molar-refractivity contribution in [1.82, 2.24) is 0 Å². The molecular weight excluding hydrogens is 380 g/mol. The van der Waals surface area contributed by atoms with Crippen LogP contribution in [0.2, 0.25) is 5.02 Å². The topological polar surface area (TPSA) is 29.1 Å². The van der Waals surface area contributed by atoms with Crippen LogP contribution in [-0.2, 0) is 0 Å². The minimum absolute atomic E-state index is 0.272. The van der Waals surface area contributed by atoms with Crippen molar-refractivity contribution in [3.63, 3.8) is 0 Å². The maximum absolute atomic E-state index is 13.0. The Kier molecular flexibility index (Phi) is 4.42. The standard InChI is InChI=1S/C14H10ClFINO/c1-8-2-3-9(6-11(8)15)14(19)18-13-5-4-10(16)7-12(13)17/h2-7H,1H3,(H,18,19). The number of aryl methyl sites for hydroxylation is 1. The first-order valence-electron chi connectivity index (χ1n) is 5.50. The van der Waals surface area contributed by atoms with Gasteiger partial charge in [0.25, 0.3) is 5.91 Å². The van der Waals surface area contributed by atoms with Crippen LogP contribution >= 0.6 is 34.2 Å². The molecule has 2 aromatic carbocycles. The maximum atomic E-state index is 13.0. The fourth-order valence-corrected chi connectivity index (χ4v) is 2.31. The molecule has 0 saturated heterocycles. The van der Waals surface area contributed by atoms with Gasteiger partial charge < -0.3 is 5.32 Å². The lowest BCUT2D eigenvalue weighted by Gasteiger charge is -2.08. The van der Waals surface area contributed by atoms with E-state index in [1.165, 1.54) is 18.2 Å². The minimum Gasteiger partial charge on any atom is -0.321 e. The summed E-state index contributed by atoms with van der Waals surface area (Å²) in [5, 5.41) is 3.27. The van der Waals surface area contributed by atoms with Crippen LogP contribution in [0.1, 0.15) is 15.9 Å². The molecule has 5 heteroatoms. The summed E-state index contributed by atoms with van der Waals surface area (Å²) in [6.07, 6.45) is 0. The van der Waals surface area contributed by atoms with Crippen molar-refractivity contribution in [3.05, 3.63) is 61.9 Å². The Hall–Kier alpha value is -1.14. The van der Waals surface area contributed by atoms with Crippen molar-refractivity contribution in [2.24, 2.45) is 0 Å². The Bertz CT molecular complexity index is 645. The summed E-state index contributed by atoms with van der Waals surface area (Å²) >= 11 is 7.95. The molecule has 0 aliphatic carbocycles. The lowest BCUT2D eigenvalue weighted by atomic mass is 10.1. The summed E-state index contributed by atoms with van der Waals surface area (Å²) in [5.41, 5.74) is 1.95. The highest BCUT2D eigenvalue weighted by Gasteiger charge is 2.10. The van der Waals surface area contributed by atoms with E-state index in [1.807, 2.05) is 29.5 Å². The molecule has 0 spiro atoms. The van der Waals surface area contributed by atoms with Crippen LogP contribution in [0.5, 0.6) is 0 Å². The average molecular weight is 390 g/mol. The fourth-order valence-electron chi connectivity index (χ4n) is 1.52. The second-order valence-corrected chi connectivity index (χ2v) is 5.61. The summed E-state index contributed by atoms with van der Waals surface area (Å²) in [6, 6.07) is 9.30. The number of carbonyl (C=O) groups excluding carboxylic acids is 1. The number of anilines is 1. The van der Waals surface area contributed by atoms with E-state index in [4.69, 9.17) is 11.6 Å². The normalized spacial score (nSPS) is 10.3. The Balaban J connectivity index is 2.23. The average Bonchev–Trinajstić information content (AvgIpc) is 2.36. The number of hydrogen-bond donors (Lipinski definition) is 1. The minimum atomic E-state index is -0.333. The van der Waals surface area contributed by atoms with Gasteiger partial charge >= 0.3 is 0 Å². The molecule has 98 valence electrons. The van der Waals surface area contributed by atoms with Crippen molar-refractivity contribution in [3.8, 4) is 0 Å². The second kappa shape index (κ2) is 5.88. The fraction of sp³-hybridized carbons (Fsp3) is 0.0714. The van der Waals surface area contributed by atoms with Crippen molar-refractivity contribution >= 4 is 45.8 Å². The molecule has 1 N–H and O–H groups in total. The van der Waals surface area contributed by atoms with Gasteiger partial charge in [0, 0.05) is 14.2 Å². The van der Waals surface area contributed by atoms with E-state index >= 15 is 0 Å². The molecule has 1 amide bonds. The molecular formula is C14H10ClFINO. The van der Waals surface area contributed by atoms with Crippen molar-refractivity contribution in [2.45, 2.75) is 6.92 Å². The number of hydrogen-bond acceptors (Lipinski definition) is 1. The third kappa shape index (κ3) is 3.45. The van der Waals surface area contributed by atoms with E-state index in [2.05, 4.69) is 5.32 Å². The second-order valence-electron chi connectivity index (χ2n) is 4.04. The first kappa shape index (κ1) is 14.3. The SMILES string of the molecule is Cc1ccc(C(=O)Nc2ccc(F)cc2I)cc1Cl. The van der Waals surface area contributed by atoms with Crippen LogP contribution in [0, 0.1) is 16.3 Å². The highest BCUT2D eigenvalue weighted by molar-refractivity contribution is 14.1. The summed E-state index contributed by atoms with van der Waals surface area (Å²) in [5.74, 6) is -0.604. The zero-order valence-electron chi connectivity index (χ0n) is 10.0. The van der Waals surface area contributed by atoms with Gasteiger partial charge in [-0.2, -0.15) is 0 Å². The Morgan fingerprint density at radius 3 is 2.63 bits per heavy atom. The van der Waals surface area contributed by atoms with Crippen LogP contribution in [0.15, 0.2) is 36.4 Å². The monoisotopic (exact) mass is 389 g/mol. The van der Waals surface area contributed by atoms with Gasteiger partial charge in [-0.3, -0.25) is 4.79 Å². The van der Waals surface area contributed by atoms with Crippen LogP contribution in [-0.4, -0.2) is 5.91 Å². The van der Waals surface area contributed by atoms with Gasteiger partial charge in [0.15, 0.2) is 0 Å². The van der Waals surface area contributed by atoms with Gasteiger partial charge in [0.05, 0.1) is 5.69 Å². The largest absolute Gasteiger partial charge is 0.321 e. The summed E-state index contributed by atoms with van der Waals surface area (Å²) in [6.45, 7) is 1.87. The molecule has 0 unspecified atom stereocenters. The number of nitrogens with one attached hydrogen (secondary N) is 1. The molecule has 0 heterocycles. The van der Waals surface area contributed by atoms with Crippen molar-refractivity contribution in [2.75, 3.05) is 5.32 Å². The number of carbonyl (C=O) groups is 1. The highest BCUT2D eigenvalue weighted by atomic mass is 127. The van der Waals surface area contributed by atoms with Crippen LogP contribution < -0.4 is 5.32 Å². The highest BCUT2D eigenvalue weighted by Crippen LogP contribution is 2.21. The van der Waals surface area contributed by atoms with Gasteiger partial charge in [-0.25, -0.2) is 4.39 Å². The number of rotatable bonds is 2. The summed E-state index contributed by atoms with van der Waals surface area (Å²) in [4.78, 5) is 12.0. The Morgan fingerprint density at radius 2 is 2.00 bits per heavy atom. The summed E-state index contributed by atoms with van der Waals surface area (Å²) in [7, 11) is 0. The molecule has 2 nitrogen and oxygen atoms in total. The Morgan fingerprint density at radius 1 is 1.26 bits per heavy atom. The van der Waals surface area contributed by atoms with E-state index in [9.17, 15) is 9.18 Å². The third-order valence-corrected chi connectivity index (χ3v) is 3.91. The molecule has 0 bridgehead atoms. The zero-order chi connectivity index (χ0) is 14.0. The predicted octanol–water partition coefficient (Wildman–Crippen LogP) is 4.64. The Labute approximate surface area is 129 Å². The number of amides is 1. The molecule has 0 aromatic heterocycles. The molecule has 0 aliphatic rings. The molecule has 2 rings (SSSR count). The lowest BCUT2D eigenvalue weighted by molar-refractivity contribution is 0.102. The molecule has 0 radical (unpaired) electrons. The van der Waals surface area contributed by atoms with Gasteiger partial charge in [-0.15, -0.1) is 0 Å². The number of benzene rings is 2. The molecule has 0 saturated carbocycles. The van der Waals surface area contributed by atoms with E-state index in [-0.39, 0.29) is 11.7 Å². The van der Waals surface area contributed by atoms with Crippen LogP contribution in [0.25, 0.3) is 0 Å². The molecule has 0 fully saturated rings. The predicted molar refractivity (Wildman–Crippen MR) is 83.3 cm³/mol. The van der Waals surface area contributed by atoms with Crippen LogP contribution in [0.3, 0.4) is 0 Å². The molecule has 0 aliphatic heterocycles. The third-order valence-electron chi connectivity index (χ3n) is 2.61. The van der Waals surface area contributed by atoms with Gasteiger partial charge in [0.1, 0.15) is 5.82 Å². The summed E-state index contributed by atoms with van der Waals surface area (Å²) < 4.78 is 13.6. The van der Waals surface area contributed by atoms with E-state index in [0.29, 0.717) is 19.8 Å². The van der Waals surface area contributed by atoms with E-state index in [1.54, 1.807) is 18.2 Å². The first-order valence-corrected chi connectivity index (χ1v) is 6.95. The smallest absolute Gasteiger partial charge is 0.255 e. The van der Waals surface area contributed by atoms with Crippen molar-refractivity contribution in [1.29, 1.82) is 0 Å². The van der Waals surface area contributed by atoms with E-state index < -0.39 is 0 Å². The van der Waals surface area contributed by atoms with Gasteiger partial charge in [-0.05, 0) is 65.4 Å². The quantitative estimate of drug-likeness (QED) is 0.745. The molecule has 2 aromatic rings.